The molecule has 5 heterocycles. The van der Waals surface area contributed by atoms with Gasteiger partial charge in [-0.25, -0.2) is 9.97 Å². The number of anilines is 4. The fourth-order valence-corrected chi connectivity index (χ4v) is 9.19. The number of hydrogen-bond donors (Lipinski definition) is 6. The Labute approximate surface area is 373 Å². The molecule has 0 saturated carbocycles. The Bertz CT molecular complexity index is 2240. The van der Waals surface area contributed by atoms with E-state index >= 15 is 0 Å². The molecule has 1 spiro atoms. The largest absolute Gasteiger partial charge is 0.382 e. The van der Waals surface area contributed by atoms with E-state index < -0.39 is 29.7 Å². The number of ether oxygens (including phenoxy) is 3. The van der Waals surface area contributed by atoms with E-state index in [9.17, 15) is 28.8 Å². The van der Waals surface area contributed by atoms with Gasteiger partial charge >= 0.3 is 0 Å². The molecule has 336 valence electrons. The molecule has 1 unspecified atom stereocenters. The number of halogens is 1. The van der Waals surface area contributed by atoms with E-state index in [4.69, 9.17) is 37.3 Å². The van der Waals surface area contributed by atoms with Crippen LogP contribution in [0.15, 0.2) is 52.5 Å². The Balaban J connectivity index is 0.752. The highest BCUT2D eigenvalue weighted by Crippen LogP contribution is 2.43. The Kier molecular flexibility index (Phi) is 14.8. The Morgan fingerprint density at radius 1 is 0.984 bits per heavy atom. The van der Waals surface area contributed by atoms with Crippen LogP contribution in [0.1, 0.15) is 66.2 Å². The maximum absolute atomic E-state index is 13.2. The second kappa shape index (κ2) is 20.4. The number of fused-ring (bicyclic) bond motifs is 1. The standard InChI is InChI=1S/C42H51ClN10O9S/c1-24-36(44)42(23-62-24)12-16-52(17-13-42)30-22-48-39(37(45)50-30)63-29-7-3-6-27(35(29)43)49-32(55)11-10-31(54)47-15-19-61-21-20-60-18-14-46-26-5-2-4-25-34(26)41(59)53(40(25)58)28-8-9-33(56)51-38(28)57/h2-7,22,24,28,36,46H,8-21,23,44H2,1H3,(H2,45,50)(H,47,54)(H,49,55)(H,51,56,57)/t24-,28?,36+/m0/s1. The summed E-state index contributed by atoms with van der Waals surface area (Å²) in [4.78, 5) is 88.3. The van der Waals surface area contributed by atoms with Gasteiger partial charge in [0.05, 0.1) is 67.2 Å². The molecule has 3 saturated heterocycles. The van der Waals surface area contributed by atoms with E-state index in [0.29, 0.717) is 45.3 Å². The summed E-state index contributed by atoms with van der Waals surface area (Å²) in [6.45, 7) is 5.86. The number of carbonyl (C=O) groups excluding carboxylic acids is 6. The molecule has 7 rings (SSSR count). The maximum atomic E-state index is 13.2. The highest BCUT2D eigenvalue weighted by molar-refractivity contribution is 7.99. The van der Waals surface area contributed by atoms with Crippen LogP contribution in [0.5, 0.6) is 0 Å². The number of amides is 6. The van der Waals surface area contributed by atoms with Crippen molar-refractivity contribution in [1.82, 2.24) is 25.5 Å². The zero-order valence-corrected chi connectivity index (χ0v) is 36.4. The van der Waals surface area contributed by atoms with Crippen molar-refractivity contribution < 1.29 is 43.0 Å². The first-order valence-corrected chi connectivity index (χ1v) is 22.1. The Hall–Kier alpha value is -5.38. The highest BCUT2D eigenvalue weighted by atomic mass is 35.5. The van der Waals surface area contributed by atoms with Crippen molar-refractivity contribution in [2.45, 2.75) is 73.6 Å². The van der Waals surface area contributed by atoms with Crippen molar-refractivity contribution in [2.24, 2.45) is 11.1 Å². The molecule has 0 aliphatic carbocycles. The average Bonchev–Trinajstić information content (AvgIpc) is 3.69. The van der Waals surface area contributed by atoms with E-state index in [1.54, 1.807) is 36.5 Å². The van der Waals surface area contributed by atoms with Gasteiger partial charge in [-0.3, -0.25) is 39.0 Å². The molecule has 3 aromatic rings. The first-order chi connectivity index (χ1) is 30.3. The minimum absolute atomic E-state index is 0.00871. The molecule has 3 atom stereocenters. The molecule has 19 nitrogen and oxygen atoms in total. The average molecular weight is 907 g/mol. The summed E-state index contributed by atoms with van der Waals surface area (Å²) in [6, 6.07) is 9.02. The molecule has 0 radical (unpaired) electrons. The quantitative estimate of drug-likeness (QED) is 0.0792. The predicted molar refractivity (Wildman–Crippen MR) is 233 cm³/mol. The van der Waals surface area contributed by atoms with Crippen molar-refractivity contribution in [3.05, 3.63) is 58.7 Å². The van der Waals surface area contributed by atoms with Crippen LogP contribution in [0.25, 0.3) is 0 Å². The van der Waals surface area contributed by atoms with Crippen molar-refractivity contribution in [1.29, 1.82) is 0 Å². The van der Waals surface area contributed by atoms with Crippen LogP contribution >= 0.6 is 23.4 Å². The molecule has 21 heteroatoms. The summed E-state index contributed by atoms with van der Waals surface area (Å²) in [5.74, 6) is -2.01. The summed E-state index contributed by atoms with van der Waals surface area (Å²) < 4.78 is 17.0. The van der Waals surface area contributed by atoms with Gasteiger partial charge in [-0.15, -0.1) is 0 Å². The maximum Gasteiger partial charge on any atom is 0.264 e. The second-order valence-corrected chi connectivity index (χ2v) is 17.2. The van der Waals surface area contributed by atoms with E-state index in [1.807, 2.05) is 6.92 Å². The molecule has 0 bridgehead atoms. The topological polar surface area (TPSA) is 263 Å². The molecule has 1 aromatic heterocycles. The third-order valence-corrected chi connectivity index (χ3v) is 13.3. The number of nitrogen functional groups attached to an aromatic ring is 1. The number of benzene rings is 2. The number of nitrogens with two attached hydrogens (primary N) is 2. The molecular formula is C42H51ClN10O9S. The molecule has 63 heavy (non-hydrogen) atoms. The van der Waals surface area contributed by atoms with Gasteiger partial charge in [0, 0.05) is 67.5 Å². The zero-order chi connectivity index (χ0) is 44.7. The minimum atomic E-state index is -1.04. The third kappa shape index (κ3) is 10.5. The van der Waals surface area contributed by atoms with E-state index in [1.165, 1.54) is 17.8 Å². The van der Waals surface area contributed by atoms with Crippen molar-refractivity contribution in [2.75, 3.05) is 80.5 Å². The molecule has 3 fully saturated rings. The lowest BCUT2D eigenvalue weighted by molar-refractivity contribution is -0.136. The molecule has 2 aromatic carbocycles. The van der Waals surface area contributed by atoms with Gasteiger partial charge in [0.15, 0.2) is 5.82 Å². The molecule has 6 amide bonds. The number of rotatable bonds is 18. The third-order valence-electron chi connectivity index (χ3n) is 11.7. The lowest BCUT2D eigenvalue weighted by Crippen LogP contribution is -2.54. The first-order valence-electron chi connectivity index (χ1n) is 20.9. The van der Waals surface area contributed by atoms with Crippen LogP contribution in [-0.2, 0) is 33.4 Å². The van der Waals surface area contributed by atoms with Crippen LogP contribution in [0.3, 0.4) is 0 Å². The fraction of sp³-hybridized carbons (Fsp3) is 0.476. The van der Waals surface area contributed by atoms with Gasteiger partial charge in [0.1, 0.15) is 16.9 Å². The van der Waals surface area contributed by atoms with Crippen molar-refractivity contribution in [3.63, 3.8) is 0 Å². The number of hydrogen-bond acceptors (Lipinski definition) is 16. The smallest absolute Gasteiger partial charge is 0.264 e. The number of aromatic nitrogens is 2. The number of nitrogens with one attached hydrogen (secondary N) is 4. The van der Waals surface area contributed by atoms with Crippen molar-refractivity contribution in [3.8, 4) is 0 Å². The van der Waals surface area contributed by atoms with Gasteiger partial charge in [0.25, 0.3) is 11.8 Å². The van der Waals surface area contributed by atoms with Crippen LogP contribution in [0.4, 0.5) is 23.0 Å². The molecular weight excluding hydrogens is 856 g/mol. The van der Waals surface area contributed by atoms with Gasteiger partial charge < -0.3 is 46.5 Å². The minimum Gasteiger partial charge on any atom is -0.382 e. The first kappa shape index (κ1) is 45.6. The van der Waals surface area contributed by atoms with Gasteiger partial charge in [-0.05, 0) is 50.5 Å². The summed E-state index contributed by atoms with van der Waals surface area (Å²) >= 11 is 7.93. The highest BCUT2D eigenvalue weighted by Gasteiger charge is 2.48. The van der Waals surface area contributed by atoms with Gasteiger partial charge in [0.2, 0.25) is 23.6 Å². The predicted octanol–water partition coefficient (Wildman–Crippen LogP) is 2.58. The summed E-state index contributed by atoms with van der Waals surface area (Å²) in [7, 11) is 0. The van der Waals surface area contributed by atoms with Crippen LogP contribution in [0.2, 0.25) is 5.02 Å². The second-order valence-electron chi connectivity index (χ2n) is 15.8. The monoisotopic (exact) mass is 906 g/mol. The normalized spacial score (nSPS) is 20.5. The number of piperidine rings is 2. The van der Waals surface area contributed by atoms with Gasteiger partial charge in [-0.2, -0.15) is 0 Å². The number of nitrogens with zero attached hydrogens (tertiary/aromatic N) is 4. The lowest BCUT2D eigenvalue weighted by Gasteiger charge is -2.41. The van der Waals surface area contributed by atoms with E-state index in [0.717, 1.165) is 30.8 Å². The summed E-state index contributed by atoms with van der Waals surface area (Å²) in [5, 5.41) is 11.6. The fourth-order valence-electron chi connectivity index (χ4n) is 8.09. The Morgan fingerprint density at radius 2 is 1.70 bits per heavy atom. The van der Waals surface area contributed by atoms with E-state index in [-0.39, 0.29) is 105 Å². The zero-order valence-electron chi connectivity index (χ0n) is 34.8. The van der Waals surface area contributed by atoms with Crippen molar-refractivity contribution >= 4 is 81.8 Å². The number of carbonyl (C=O) groups is 6. The molecule has 4 aliphatic heterocycles. The van der Waals surface area contributed by atoms with Crippen LogP contribution < -0.4 is 37.6 Å². The number of imide groups is 2. The summed E-state index contributed by atoms with van der Waals surface area (Å²) in [6.07, 6.45) is 3.58. The van der Waals surface area contributed by atoms with Crippen LogP contribution in [0, 0.1) is 5.41 Å². The Morgan fingerprint density at radius 3 is 2.41 bits per heavy atom. The van der Waals surface area contributed by atoms with Gasteiger partial charge in [-0.1, -0.05) is 35.5 Å². The van der Waals surface area contributed by atoms with E-state index in [2.05, 4.69) is 36.1 Å². The molecule has 8 N–H and O–H groups in total. The lowest BCUT2D eigenvalue weighted by atomic mass is 9.73. The SMILES string of the molecule is C[C@@H]1OCC2(CCN(c3cnc(Sc4cccc(NC(=O)CCC(=O)NCCOCCOCCNc5cccc6c5C(=O)N(C5CCC(=O)NC5=O)C6=O)c4Cl)c(N)n3)CC2)[C@@H]1N. The van der Waals surface area contributed by atoms with Crippen LogP contribution in [-0.4, -0.2) is 128 Å². The summed E-state index contributed by atoms with van der Waals surface area (Å²) in [5.41, 5.74) is 14.0. The molecule has 4 aliphatic rings.